The predicted molar refractivity (Wildman–Crippen MR) is 139 cm³/mol. The van der Waals surface area contributed by atoms with Crippen molar-refractivity contribution in [3.63, 3.8) is 0 Å². The number of phenols is 1. The highest BCUT2D eigenvalue weighted by atomic mass is 79.9. The molecule has 5 heteroatoms. The van der Waals surface area contributed by atoms with Crippen molar-refractivity contribution in [2.24, 2.45) is 22.7 Å². The molecule has 1 unspecified atom stereocenters. The van der Waals surface area contributed by atoms with E-state index in [0.29, 0.717) is 27.2 Å². The van der Waals surface area contributed by atoms with E-state index >= 15 is 0 Å². The number of benzene rings is 1. The molecular formula is C27H36Br2O3. The molecule has 2 aliphatic carbocycles. The molecule has 0 radical (unpaired) electrons. The normalized spacial score (nSPS) is 32.3. The number of hydrogen-bond acceptors (Lipinski definition) is 2. The van der Waals surface area contributed by atoms with Crippen molar-refractivity contribution >= 4 is 37.8 Å². The standard InChI is InChI=1S/C27H36Br2O3/c1-16(2)7-6-11-27(5)22-9-8-17(3)20(26(22,4)12-10-23(27)29)14-18-13-19(25(31)32)15-21(28)24(18)30/h7,13,15,20,22-23,30H,3,6,8-12,14H2,1-2,4-5H3,(H,31,32)/t20?,22-,23+,26-,27+/m0/s1. The maximum absolute atomic E-state index is 11.6. The van der Waals surface area contributed by atoms with Gasteiger partial charge in [0.1, 0.15) is 5.75 Å². The summed E-state index contributed by atoms with van der Waals surface area (Å²) < 4.78 is 0.436. The summed E-state index contributed by atoms with van der Waals surface area (Å²) in [7, 11) is 0. The van der Waals surface area contributed by atoms with Crippen molar-refractivity contribution in [3.8, 4) is 5.75 Å². The number of carboxylic acids is 1. The number of rotatable bonds is 6. The molecule has 2 aliphatic rings. The van der Waals surface area contributed by atoms with E-state index in [1.54, 1.807) is 6.07 Å². The van der Waals surface area contributed by atoms with Crippen LogP contribution in [0.25, 0.3) is 0 Å². The minimum absolute atomic E-state index is 0.0669. The summed E-state index contributed by atoms with van der Waals surface area (Å²) in [6.07, 6.45) is 9.57. The van der Waals surface area contributed by atoms with Crippen LogP contribution < -0.4 is 0 Å². The van der Waals surface area contributed by atoms with E-state index in [4.69, 9.17) is 0 Å². The van der Waals surface area contributed by atoms with Crippen LogP contribution in [0.4, 0.5) is 0 Å². The summed E-state index contributed by atoms with van der Waals surface area (Å²) in [5, 5.41) is 20.2. The van der Waals surface area contributed by atoms with Crippen molar-refractivity contribution in [1.82, 2.24) is 0 Å². The Hall–Kier alpha value is -1.07. The third-order valence-electron chi connectivity index (χ3n) is 8.34. The van der Waals surface area contributed by atoms with Crippen LogP contribution >= 0.6 is 31.9 Å². The van der Waals surface area contributed by atoms with E-state index in [-0.39, 0.29) is 28.1 Å². The summed E-state index contributed by atoms with van der Waals surface area (Å²) in [6, 6.07) is 3.10. The van der Waals surface area contributed by atoms with Crippen LogP contribution in [0, 0.1) is 22.7 Å². The summed E-state index contributed by atoms with van der Waals surface area (Å²) in [5.41, 5.74) is 3.74. The molecule has 0 aliphatic heterocycles. The molecule has 1 aromatic rings. The van der Waals surface area contributed by atoms with Crippen LogP contribution in [0.3, 0.4) is 0 Å². The number of hydrogen-bond donors (Lipinski definition) is 2. The van der Waals surface area contributed by atoms with Gasteiger partial charge in [-0.25, -0.2) is 4.79 Å². The molecule has 5 atom stereocenters. The number of phenolic OH excluding ortho intramolecular Hbond substituents is 1. The van der Waals surface area contributed by atoms with Gasteiger partial charge in [0.25, 0.3) is 0 Å². The van der Waals surface area contributed by atoms with E-state index in [9.17, 15) is 15.0 Å². The summed E-state index contributed by atoms with van der Waals surface area (Å²) in [6.45, 7) is 13.7. The number of alkyl halides is 1. The molecule has 0 aromatic heterocycles. The van der Waals surface area contributed by atoms with Gasteiger partial charge < -0.3 is 10.2 Å². The lowest BCUT2D eigenvalue weighted by Gasteiger charge is -2.61. The fourth-order valence-electron chi connectivity index (χ4n) is 6.50. The maximum atomic E-state index is 11.6. The fraction of sp³-hybridized carbons (Fsp3) is 0.593. The van der Waals surface area contributed by atoms with Crippen molar-refractivity contribution in [1.29, 1.82) is 0 Å². The predicted octanol–water partition coefficient (Wildman–Crippen LogP) is 8.29. The molecule has 0 amide bonds. The van der Waals surface area contributed by atoms with Crippen molar-refractivity contribution < 1.29 is 15.0 Å². The molecule has 1 aromatic carbocycles. The second-order valence-corrected chi connectivity index (χ2v) is 12.6. The van der Waals surface area contributed by atoms with E-state index in [2.05, 4.69) is 72.2 Å². The maximum Gasteiger partial charge on any atom is 0.335 e. The number of carbonyl (C=O) groups is 1. The molecule has 32 heavy (non-hydrogen) atoms. The Kier molecular flexibility index (Phi) is 7.71. The average molecular weight is 568 g/mol. The second kappa shape index (κ2) is 9.66. The fourth-order valence-corrected chi connectivity index (χ4v) is 7.77. The molecule has 3 nitrogen and oxygen atoms in total. The number of aromatic carboxylic acids is 1. The first-order valence-corrected chi connectivity index (χ1v) is 13.3. The smallest absolute Gasteiger partial charge is 0.335 e. The van der Waals surface area contributed by atoms with Crippen molar-refractivity contribution in [2.45, 2.75) is 77.5 Å². The van der Waals surface area contributed by atoms with E-state index < -0.39 is 5.97 Å². The van der Waals surface area contributed by atoms with Crippen LogP contribution in [-0.2, 0) is 6.42 Å². The van der Waals surface area contributed by atoms with Gasteiger partial charge in [0.05, 0.1) is 10.0 Å². The molecule has 0 bridgehead atoms. The Bertz CT molecular complexity index is 933. The van der Waals surface area contributed by atoms with E-state index in [1.165, 1.54) is 17.2 Å². The highest BCUT2D eigenvalue weighted by molar-refractivity contribution is 9.10. The molecule has 2 N–H and O–H groups in total. The largest absolute Gasteiger partial charge is 0.506 e. The lowest BCUT2D eigenvalue weighted by atomic mass is 9.46. The lowest BCUT2D eigenvalue weighted by Crippen LogP contribution is -2.54. The molecule has 2 fully saturated rings. The SMILES string of the molecule is C=C1CC[C@@H]2[C@@](C)(CCC=C(C)C)[C@H](Br)CC[C@@]2(C)C1Cc1cc(C(=O)O)cc(Br)c1O. The van der Waals surface area contributed by atoms with Gasteiger partial charge in [-0.05, 0) is 115 Å². The van der Waals surface area contributed by atoms with Crippen LogP contribution in [0.2, 0.25) is 0 Å². The molecule has 2 saturated carbocycles. The summed E-state index contributed by atoms with van der Waals surface area (Å²) in [4.78, 5) is 12.1. The minimum Gasteiger partial charge on any atom is -0.506 e. The molecular weight excluding hydrogens is 532 g/mol. The van der Waals surface area contributed by atoms with Gasteiger partial charge in [-0.2, -0.15) is 0 Å². The number of halogens is 2. The first kappa shape index (κ1) is 25.6. The molecule has 176 valence electrons. The van der Waals surface area contributed by atoms with Crippen LogP contribution in [-0.4, -0.2) is 21.0 Å². The third-order valence-corrected chi connectivity index (χ3v) is 10.4. The minimum atomic E-state index is -0.981. The van der Waals surface area contributed by atoms with Gasteiger partial charge in [-0.1, -0.05) is 53.6 Å². The van der Waals surface area contributed by atoms with Crippen molar-refractivity contribution in [3.05, 3.63) is 51.5 Å². The Labute approximate surface area is 209 Å². The quantitative estimate of drug-likeness (QED) is 0.268. The van der Waals surface area contributed by atoms with Crippen molar-refractivity contribution in [2.75, 3.05) is 0 Å². The zero-order valence-corrected chi connectivity index (χ0v) is 22.9. The van der Waals surface area contributed by atoms with E-state index in [1.807, 2.05) is 0 Å². The number of allylic oxidation sites excluding steroid dienone is 3. The Balaban J connectivity index is 1.97. The molecule has 0 heterocycles. The van der Waals surface area contributed by atoms with E-state index in [0.717, 1.165) is 38.5 Å². The third kappa shape index (κ3) is 4.75. The highest BCUT2D eigenvalue weighted by Gasteiger charge is 2.57. The zero-order chi connectivity index (χ0) is 23.8. The number of fused-ring (bicyclic) bond motifs is 1. The topological polar surface area (TPSA) is 57.5 Å². The van der Waals surface area contributed by atoms with Crippen LogP contribution in [0.5, 0.6) is 5.75 Å². The Morgan fingerprint density at radius 1 is 1.28 bits per heavy atom. The van der Waals surface area contributed by atoms with Gasteiger partial charge in [0.15, 0.2) is 0 Å². The lowest BCUT2D eigenvalue weighted by molar-refractivity contribution is -0.0588. The number of carboxylic acid groups (broad SMARTS) is 1. The molecule has 3 rings (SSSR count). The second-order valence-electron chi connectivity index (χ2n) is 10.6. The summed E-state index contributed by atoms with van der Waals surface area (Å²) >= 11 is 7.40. The first-order chi connectivity index (χ1) is 14.9. The Morgan fingerprint density at radius 2 is 1.97 bits per heavy atom. The monoisotopic (exact) mass is 566 g/mol. The first-order valence-electron chi connectivity index (χ1n) is 11.6. The summed E-state index contributed by atoms with van der Waals surface area (Å²) in [5.74, 6) is -0.0764. The highest BCUT2D eigenvalue weighted by Crippen LogP contribution is 2.64. The molecule has 0 spiro atoms. The Morgan fingerprint density at radius 3 is 2.59 bits per heavy atom. The van der Waals surface area contributed by atoms with Gasteiger partial charge >= 0.3 is 5.97 Å². The molecule has 0 saturated heterocycles. The van der Waals surface area contributed by atoms with Crippen LogP contribution in [0.1, 0.15) is 82.1 Å². The number of aromatic hydroxyl groups is 1. The van der Waals surface area contributed by atoms with Gasteiger partial charge in [0.2, 0.25) is 0 Å². The zero-order valence-electron chi connectivity index (χ0n) is 19.7. The van der Waals surface area contributed by atoms with Gasteiger partial charge in [0, 0.05) is 4.83 Å². The van der Waals surface area contributed by atoms with Gasteiger partial charge in [-0.15, -0.1) is 0 Å². The van der Waals surface area contributed by atoms with Gasteiger partial charge in [-0.3, -0.25) is 0 Å². The average Bonchev–Trinajstić information content (AvgIpc) is 2.70. The van der Waals surface area contributed by atoms with Crippen LogP contribution in [0.15, 0.2) is 40.4 Å².